The van der Waals surface area contributed by atoms with Gasteiger partial charge in [0.1, 0.15) is 0 Å². The molecule has 5 heteroatoms. The van der Waals surface area contributed by atoms with E-state index in [1.165, 1.54) is 0 Å². The number of hydrogen-bond donors (Lipinski definition) is 2. The molecule has 0 aliphatic rings. The van der Waals surface area contributed by atoms with E-state index >= 15 is 0 Å². The molecule has 0 radical (unpaired) electrons. The van der Waals surface area contributed by atoms with E-state index in [4.69, 9.17) is 9.79 Å². The molecule has 3 nitrogen and oxygen atoms in total. The summed E-state index contributed by atoms with van der Waals surface area (Å²) in [6.07, 6.45) is 0.693. The van der Waals surface area contributed by atoms with Crippen molar-refractivity contribution in [2.24, 2.45) is 0 Å². The molecular weight excluding hydrogens is 267 g/mol. The predicted molar refractivity (Wildman–Crippen MR) is 59.7 cm³/mol. The third-order valence-electron chi connectivity index (χ3n) is 1.76. The standard InChI is InChI=1S/C9H12BrO3P/c10-5-4-8-2-1-3-9(6-8)7-14(11,12)13/h1-3,6H,4-5,7H2,(H2,11,12,13). The van der Waals surface area contributed by atoms with Gasteiger partial charge in [-0.15, -0.1) is 0 Å². The highest BCUT2D eigenvalue weighted by molar-refractivity contribution is 9.09. The van der Waals surface area contributed by atoms with Crippen LogP contribution in [0, 0.1) is 0 Å². The Morgan fingerprint density at radius 1 is 1.29 bits per heavy atom. The lowest BCUT2D eigenvalue weighted by Crippen LogP contribution is -1.90. The van der Waals surface area contributed by atoms with Gasteiger partial charge >= 0.3 is 7.60 Å². The molecule has 0 unspecified atom stereocenters. The number of alkyl halides is 1. The van der Waals surface area contributed by atoms with Crippen molar-refractivity contribution in [2.45, 2.75) is 12.6 Å². The van der Waals surface area contributed by atoms with Crippen LogP contribution in [0.3, 0.4) is 0 Å². The lowest BCUT2D eigenvalue weighted by molar-refractivity contribution is 0.371. The number of hydrogen-bond acceptors (Lipinski definition) is 1. The second kappa shape index (κ2) is 5.08. The third kappa shape index (κ3) is 4.38. The molecule has 1 aromatic rings. The Bertz CT molecular complexity index is 348. The highest BCUT2D eigenvalue weighted by atomic mass is 79.9. The molecule has 0 saturated carbocycles. The maximum Gasteiger partial charge on any atom is 0.329 e. The number of aryl methyl sites for hydroxylation is 1. The SMILES string of the molecule is O=P(O)(O)Cc1cccc(CCBr)c1. The van der Waals surface area contributed by atoms with Crippen LogP contribution in [0.2, 0.25) is 0 Å². The van der Waals surface area contributed by atoms with Crippen molar-refractivity contribution in [3.63, 3.8) is 0 Å². The monoisotopic (exact) mass is 278 g/mol. The maximum absolute atomic E-state index is 10.8. The van der Waals surface area contributed by atoms with Crippen LogP contribution in [0.5, 0.6) is 0 Å². The summed E-state index contributed by atoms with van der Waals surface area (Å²) in [5.74, 6) is 0. The molecule has 0 spiro atoms. The molecule has 1 rings (SSSR count). The van der Waals surface area contributed by atoms with Gasteiger partial charge in [-0.2, -0.15) is 0 Å². The summed E-state index contributed by atoms with van der Waals surface area (Å²) in [5, 5.41) is 0.854. The van der Waals surface area contributed by atoms with Crippen molar-refractivity contribution in [1.82, 2.24) is 0 Å². The van der Waals surface area contributed by atoms with E-state index in [9.17, 15) is 4.57 Å². The van der Waals surface area contributed by atoms with Gasteiger partial charge in [-0.25, -0.2) is 0 Å². The fraction of sp³-hybridized carbons (Fsp3) is 0.333. The zero-order chi connectivity index (χ0) is 10.6. The minimum absolute atomic E-state index is 0.177. The average Bonchev–Trinajstić information content (AvgIpc) is 2.02. The second-order valence-electron chi connectivity index (χ2n) is 3.08. The summed E-state index contributed by atoms with van der Waals surface area (Å²) < 4.78 is 10.8. The van der Waals surface area contributed by atoms with Crippen LogP contribution in [0.1, 0.15) is 11.1 Å². The smallest absolute Gasteiger partial charge is 0.324 e. The fourth-order valence-corrected chi connectivity index (χ4v) is 2.36. The normalized spacial score (nSPS) is 11.6. The van der Waals surface area contributed by atoms with Crippen LogP contribution in [-0.4, -0.2) is 15.1 Å². The molecule has 0 atom stereocenters. The minimum atomic E-state index is -3.94. The van der Waals surface area contributed by atoms with Crippen molar-refractivity contribution in [3.05, 3.63) is 35.4 Å². The minimum Gasteiger partial charge on any atom is -0.324 e. The summed E-state index contributed by atoms with van der Waals surface area (Å²) in [4.78, 5) is 17.6. The molecule has 0 bridgehead atoms. The summed E-state index contributed by atoms with van der Waals surface area (Å²) in [7, 11) is -3.94. The third-order valence-corrected chi connectivity index (χ3v) is 2.94. The zero-order valence-electron chi connectivity index (χ0n) is 7.56. The highest BCUT2D eigenvalue weighted by Gasteiger charge is 2.13. The van der Waals surface area contributed by atoms with Crippen molar-refractivity contribution >= 4 is 23.5 Å². The predicted octanol–water partition coefficient (Wildman–Crippen LogP) is 2.30. The van der Waals surface area contributed by atoms with Crippen molar-refractivity contribution in [3.8, 4) is 0 Å². The van der Waals surface area contributed by atoms with Gasteiger partial charge < -0.3 is 9.79 Å². The second-order valence-corrected chi connectivity index (χ2v) is 5.52. The van der Waals surface area contributed by atoms with Gasteiger partial charge in [-0.1, -0.05) is 40.2 Å². The Labute approximate surface area is 91.4 Å². The van der Waals surface area contributed by atoms with Crippen molar-refractivity contribution < 1.29 is 14.4 Å². The summed E-state index contributed by atoms with van der Waals surface area (Å²) >= 11 is 3.32. The average molecular weight is 279 g/mol. The molecule has 0 aliphatic heterocycles. The Hall–Kier alpha value is -0.150. The first-order chi connectivity index (χ1) is 6.51. The first-order valence-corrected chi connectivity index (χ1v) is 7.11. The Balaban J connectivity index is 2.78. The largest absolute Gasteiger partial charge is 0.329 e. The summed E-state index contributed by atoms with van der Waals surface area (Å²) in [6, 6.07) is 7.34. The molecule has 0 saturated heterocycles. The molecule has 1 aromatic carbocycles. The van der Waals surface area contributed by atoms with E-state index in [1.807, 2.05) is 18.2 Å². The van der Waals surface area contributed by atoms with Gasteiger partial charge in [0.15, 0.2) is 0 Å². The summed E-state index contributed by atoms with van der Waals surface area (Å²) in [6.45, 7) is 0. The summed E-state index contributed by atoms with van der Waals surface area (Å²) in [5.41, 5.74) is 1.78. The van der Waals surface area contributed by atoms with Gasteiger partial charge in [0.25, 0.3) is 0 Å². The molecule has 2 N–H and O–H groups in total. The topological polar surface area (TPSA) is 57.5 Å². The van der Waals surface area contributed by atoms with E-state index in [2.05, 4.69) is 15.9 Å². The lowest BCUT2D eigenvalue weighted by atomic mass is 10.1. The van der Waals surface area contributed by atoms with E-state index < -0.39 is 7.60 Å². The first-order valence-electron chi connectivity index (χ1n) is 4.19. The van der Waals surface area contributed by atoms with Crippen LogP contribution in [-0.2, 0) is 17.1 Å². The van der Waals surface area contributed by atoms with Crippen LogP contribution >= 0.6 is 23.5 Å². The Morgan fingerprint density at radius 3 is 2.50 bits per heavy atom. The first kappa shape index (κ1) is 11.9. The van der Waals surface area contributed by atoms with Crippen molar-refractivity contribution in [2.75, 3.05) is 5.33 Å². The zero-order valence-corrected chi connectivity index (χ0v) is 10.0. The van der Waals surface area contributed by atoms with Crippen LogP contribution in [0.15, 0.2) is 24.3 Å². The molecule has 14 heavy (non-hydrogen) atoms. The van der Waals surface area contributed by atoms with Crippen LogP contribution < -0.4 is 0 Å². The molecule has 78 valence electrons. The fourth-order valence-electron chi connectivity index (χ4n) is 1.23. The van der Waals surface area contributed by atoms with E-state index in [0.717, 1.165) is 17.3 Å². The van der Waals surface area contributed by atoms with E-state index in [-0.39, 0.29) is 6.16 Å². The molecular formula is C9H12BrO3P. The Morgan fingerprint density at radius 2 is 1.93 bits per heavy atom. The van der Waals surface area contributed by atoms with Crippen LogP contribution in [0.4, 0.5) is 0 Å². The van der Waals surface area contributed by atoms with Gasteiger partial charge in [-0.3, -0.25) is 4.57 Å². The van der Waals surface area contributed by atoms with Crippen molar-refractivity contribution in [1.29, 1.82) is 0 Å². The molecule has 0 heterocycles. The quantitative estimate of drug-likeness (QED) is 0.656. The maximum atomic E-state index is 10.8. The van der Waals surface area contributed by atoms with Gasteiger partial charge in [0.2, 0.25) is 0 Å². The molecule has 0 fully saturated rings. The highest BCUT2D eigenvalue weighted by Crippen LogP contribution is 2.39. The van der Waals surface area contributed by atoms with E-state index in [0.29, 0.717) is 5.56 Å². The van der Waals surface area contributed by atoms with Gasteiger partial charge in [0.05, 0.1) is 6.16 Å². The number of halogens is 1. The molecule has 0 aliphatic carbocycles. The molecule has 0 amide bonds. The van der Waals surface area contributed by atoms with Gasteiger partial charge in [0, 0.05) is 5.33 Å². The molecule has 0 aromatic heterocycles. The number of rotatable bonds is 4. The van der Waals surface area contributed by atoms with Gasteiger partial charge in [-0.05, 0) is 17.5 Å². The number of benzene rings is 1. The Kier molecular flexibility index (Phi) is 4.32. The van der Waals surface area contributed by atoms with Crippen LogP contribution in [0.25, 0.3) is 0 Å². The van der Waals surface area contributed by atoms with E-state index in [1.54, 1.807) is 6.07 Å². The lowest BCUT2D eigenvalue weighted by Gasteiger charge is -2.05.